The lowest BCUT2D eigenvalue weighted by Gasteiger charge is -2.23. The first-order valence-corrected chi connectivity index (χ1v) is 7.13. The van der Waals surface area contributed by atoms with Gasteiger partial charge in [-0.1, -0.05) is 18.3 Å². The molecule has 5 nitrogen and oxygen atoms in total. The molecule has 7 heteroatoms. The fraction of sp³-hybridized carbons (Fsp3) is 0.364. The zero-order chi connectivity index (χ0) is 13.9. The molecule has 0 radical (unpaired) electrons. The van der Waals surface area contributed by atoms with Crippen LogP contribution in [0.2, 0.25) is 0 Å². The summed E-state index contributed by atoms with van der Waals surface area (Å²) in [4.78, 5) is -0.0512. The fourth-order valence-electron chi connectivity index (χ4n) is 1.34. The average Bonchev–Trinajstić information content (AvgIpc) is 2.36. The predicted molar refractivity (Wildman–Crippen MR) is 76.6 cm³/mol. The van der Waals surface area contributed by atoms with Crippen LogP contribution in [0.4, 0.5) is 5.69 Å². The highest BCUT2D eigenvalue weighted by atomic mass is 32.2. The van der Waals surface area contributed by atoms with E-state index in [1.54, 1.807) is 24.3 Å². The molecule has 0 saturated heterocycles. The van der Waals surface area contributed by atoms with Gasteiger partial charge in [-0.25, -0.2) is 8.42 Å². The van der Waals surface area contributed by atoms with Crippen molar-refractivity contribution in [2.75, 3.05) is 18.5 Å². The third-order valence-electron chi connectivity index (χ3n) is 2.65. The maximum absolute atomic E-state index is 12.2. The first-order chi connectivity index (χ1) is 8.30. The van der Waals surface area contributed by atoms with Gasteiger partial charge in [0.05, 0.1) is 17.8 Å². The Labute approximate surface area is 113 Å². The molecular weight excluding hydrogens is 272 g/mol. The molecule has 0 bridgehead atoms. The Bertz CT molecular complexity index is 543. The number of methoxy groups -OCH3 is 1. The van der Waals surface area contributed by atoms with E-state index in [4.69, 9.17) is 22.7 Å². The van der Waals surface area contributed by atoms with E-state index in [1.807, 2.05) is 0 Å². The van der Waals surface area contributed by atoms with Gasteiger partial charge in [0.2, 0.25) is 10.0 Å². The van der Waals surface area contributed by atoms with Gasteiger partial charge in [-0.15, -0.1) is 0 Å². The second-order valence-corrected chi connectivity index (χ2v) is 6.51. The summed E-state index contributed by atoms with van der Waals surface area (Å²) in [5.41, 5.74) is 5.89. The molecule has 1 aromatic rings. The Morgan fingerprint density at radius 1 is 1.50 bits per heavy atom. The number of benzene rings is 1. The number of hydrogen-bond donors (Lipinski definition) is 1. The molecule has 0 fully saturated rings. The molecule has 0 aliphatic rings. The smallest absolute Gasteiger partial charge is 0.244 e. The fourth-order valence-corrected chi connectivity index (χ4v) is 2.88. The lowest BCUT2D eigenvalue weighted by atomic mass is 10.3. The number of thiocarbonyl (C=S) groups is 1. The second kappa shape index (κ2) is 5.53. The minimum atomic E-state index is -3.60. The summed E-state index contributed by atoms with van der Waals surface area (Å²) in [5.74, 6) is 0.581. The van der Waals surface area contributed by atoms with Gasteiger partial charge < -0.3 is 10.5 Å². The number of hydrogen-bond acceptors (Lipinski definition) is 4. The highest BCUT2D eigenvalue weighted by Gasteiger charge is 2.28. The third-order valence-corrected chi connectivity index (χ3v) is 5.27. The highest BCUT2D eigenvalue weighted by molar-refractivity contribution is 7.95. The van der Waals surface area contributed by atoms with Crippen molar-refractivity contribution in [3.63, 3.8) is 0 Å². The third kappa shape index (κ3) is 2.91. The van der Waals surface area contributed by atoms with Crippen molar-refractivity contribution in [2.45, 2.75) is 12.2 Å². The quantitative estimate of drug-likeness (QED) is 0.822. The molecule has 100 valence electrons. The number of nitrogens with two attached hydrogens (primary N) is 1. The van der Waals surface area contributed by atoms with Gasteiger partial charge in [0.15, 0.2) is 0 Å². The number of sulfonamides is 1. The van der Waals surface area contributed by atoms with E-state index in [9.17, 15) is 8.42 Å². The van der Waals surface area contributed by atoms with Crippen LogP contribution >= 0.6 is 12.2 Å². The predicted octanol–water partition coefficient (Wildman–Crippen LogP) is 1.14. The van der Waals surface area contributed by atoms with Crippen molar-refractivity contribution in [1.29, 1.82) is 0 Å². The van der Waals surface area contributed by atoms with Crippen LogP contribution in [-0.2, 0) is 10.0 Å². The first-order valence-electron chi connectivity index (χ1n) is 5.21. The summed E-state index contributed by atoms with van der Waals surface area (Å²) >= 11 is 4.73. The van der Waals surface area contributed by atoms with E-state index in [2.05, 4.69) is 0 Å². The van der Waals surface area contributed by atoms with Gasteiger partial charge in [0.1, 0.15) is 11.0 Å². The molecule has 1 unspecified atom stereocenters. The van der Waals surface area contributed by atoms with Crippen molar-refractivity contribution in [3.8, 4) is 5.75 Å². The largest absolute Gasteiger partial charge is 0.497 e. The van der Waals surface area contributed by atoms with E-state index in [-0.39, 0.29) is 4.99 Å². The average molecular weight is 288 g/mol. The molecule has 0 heterocycles. The molecule has 1 aromatic carbocycles. The van der Waals surface area contributed by atoms with Gasteiger partial charge in [0, 0.05) is 13.1 Å². The van der Waals surface area contributed by atoms with Crippen LogP contribution in [0.5, 0.6) is 5.75 Å². The van der Waals surface area contributed by atoms with Crippen LogP contribution in [0.3, 0.4) is 0 Å². The topological polar surface area (TPSA) is 72.6 Å². The monoisotopic (exact) mass is 288 g/mol. The van der Waals surface area contributed by atoms with Crippen molar-refractivity contribution < 1.29 is 13.2 Å². The Morgan fingerprint density at radius 2 is 2.11 bits per heavy atom. The summed E-state index contributed by atoms with van der Waals surface area (Å²) in [6, 6.07) is 6.75. The van der Waals surface area contributed by atoms with Crippen LogP contribution in [0.15, 0.2) is 24.3 Å². The summed E-state index contributed by atoms with van der Waals surface area (Å²) < 4.78 is 30.6. The van der Waals surface area contributed by atoms with Crippen molar-refractivity contribution in [3.05, 3.63) is 24.3 Å². The minimum Gasteiger partial charge on any atom is -0.497 e. The molecule has 0 spiro atoms. The van der Waals surface area contributed by atoms with E-state index in [0.29, 0.717) is 11.4 Å². The summed E-state index contributed by atoms with van der Waals surface area (Å²) in [6.45, 7) is 1.47. The molecule has 1 rings (SSSR count). The lowest BCUT2D eigenvalue weighted by Crippen LogP contribution is -2.41. The van der Waals surface area contributed by atoms with Gasteiger partial charge in [-0.2, -0.15) is 0 Å². The zero-order valence-electron chi connectivity index (χ0n) is 10.5. The van der Waals surface area contributed by atoms with Crippen LogP contribution in [-0.4, -0.2) is 32.8 Å². The van der Waals surface area contributed by atoms with E-state index in [0.717, 1.165) is 4.31 Å². The standard InChI is InChI=1S/C11H16N2O3S2/c1-8(11(12)17)18(14,15)13(2)9-5-4-6-10(7-9)16-3/h4-8H,1-3H3,(H2,12,17). The molecule has 0 aromatic heterocycles. The van der Waals surface area contributed by atoms with Gasteiger partial charge in [-0.3, -0.25) is 4.31 Å². The highest BCUT2D eigenvalue weighted by Crippen LogP contribution is 2.23. The Morgan fingerprint density at radius 3 is 2.61 bits per heavy atom. The molecule has 2 N–H and O–H groups in total. The van der Waals surface area contributed by atoms with E-state index >= 15 is 0 Å². The van der Waals surface area contributed by atoms with E-state index < -0.39 is 15.3 Å². The van der Waals surface area contributed by atoms with Crippen LogP contribution in [0, 0.1) is 0 Å². The summed E-state index contributed by atoms with van der Waals surface area (Å²) in [5, 5.41) is -0.913. The normalized spacial score (nSPS) is 12.8. The summed E-state index contributed by atoms with van der Waals surface area (Å²) in [7, 11) is -0.628. The lowest BCUT2D eigenvalue weighted by molar-refractivity contribution is 0.415. The molecule has 0 aliphatic carbocycles. The van der Waals surface area contributed by atoms with Gasteiger partial charge in [-0.05, 0) is 19.1 Å². The zero-order valence-corrected chi connectivity index (χ0v) is 12.1. The van der Waals surface area contributed by atoms with Crippen molar-refractivity contribution in [2.24, 2.45) is 5.73 Å². The number of rotatable bonds is 5. The van der Waals surface area contributed by atoms with E-state index in [1.165, 1.54) is 21.1 Å². The molecule has 0 amide bonds. The SMILES string of the molecule is COc1cccc(N(C)S(=O)(=O)C(C)C(N)=S)c1. The molecule has 18 heavy (non-hydrogen) atoms. The van der Waals surface area contributed by atoms with Gasteiger partial charge in [0.25, 0.3) is 0 Å². The maximum Gasteiger partial charge on any atom is 0.244 e. The molecule has 0 saturated carbocycles. The van der Waals surface area contributed by atoms with Gasteiger partial charge >= 0.3 is 0 Å². The maximum atomic E-state index is 12.2. The summed E-state index contributed by atoms with van der Waals surface area (Å²) in [6.07, 6.45) is 0. The van der Waals surface area contributed by atoms with Crippen LogP contribution < -0.4 is 14.8 Å². The molecule has 0 aliphatic heterocycles. The molecule has 1 atom stereocenters. The van der Waals surface area contributed by atoms with Crippen LogP contribution in [0.25, 0.3) is 0 Å². The first kappa shape index (κ1) is 14.7. The Balaban J connectivity index is 3.13. The number of ether oxygens (including phenoxy) is 1. The minimum absolute atomic E-state index is 0.0512. The number of nitrogens with zero attached hydrogens (tertiary/aromatic N) is 1. The van der Waals surface area contributed by atoms with Crippen molar-refractivity contribution >= 4 is 32.9 Å². The Kier molecular flexibility index (Phi) is 4.53. The van der Waals surface area contributed by atoms with Crippen LogP contribution in [0.1, 0.15) is 6.92 Å². The van der Waals surface area contributed by atoms with Crippen molar-refractivity contribution in [1.82, 2.24) is 0 Å². The number of anilines is 1. The Hall–Kier alpha value is -1.34. The molecular formula is C11H16N2O3S2. The second-order valence-electron chi connectivity index (χ2n) is 3.76.